The van der Waals surface area contributed by atoms with Gasteiger partial charge in [-0.25, -0.2) is 8.42 Å². The molecule has 1 N–H and O–H groups in total. The summed E-state index contributed by atoms with van der Waals surface area (Å²) in [4.78, 5) is 14.9. The van der Waals surface area contributed by atoms with E-state index in [1.807, 2.05) is 32.9 Å². The summed E-state index contributed by atoms with van der Waals surface area (Å²) in [5.74, 6) is 0.538. The Morgan fingerprint density at radius 1 is 1.10 bits per heavy atom. The third kappa shape index (κ3) is 4.87. The zero-order chi connectivity index (χ0) is 23.0. The van der Waals surface area contributed by atoms with E-state index in [4.69, 9.17) is 4.74 Å². The van der Waals surface area contributed by atoms with Crippen LogP contribution in [0.4, 0.5) is 11.4 Å². The van der Waals surface area contributed by atoms with Gasteiger partial charge < -0.3 is 9.64 Å². The zero-order valence-corrected chi connectivity index (χ0v) is 20.0. The fourth-order valence-corrected chi connectivity index (χ4v) is 4.55. The first-order valence-corrected chi connectivity index (χ1v) is 12.1. The van der Waals surface area contributed by atoms with E-state index in [2.05, 4.69) is 25.5 Å². The summed E-state index contributed by atoms with van der Waals surface area (Å²) in [6, 6.07) is 12.0. The van der Waals surface area contributed by atoms with Crippen molar-refractivity contribution < 1.29 is 17.9 Å². The summed E-state index contributed by atoms with van der Waals surface area (Å²) in [5.41, 5.74) is 1.31. The Balaban J connectivity index is 1.93. The maximum absolute atomic E-state index is 13.1. The van der Waals surface area contributed by atoms with Crippen molar-refractivity contribution in [2.45, 2.75) is 58.3 Å². The van der Waals surface area contributed by atoms with Crippen LogP contribution < -0.4 is 14.4 Å². The van der Waals surface area contributed by atoms with Gasteiger partial charge in [0.2, 0.25) is 5.91 Å². The molecule has 1 amide bonds. The number of hydrogen-bond acceptors (Lipinski definition) is 4. The molecule has 0 saturated heterocycles. The van der Waals surface area contributed by atoms with Gasteiger partial charge in [0.25, 0.3) is 10.0 Å². The zero-order valence-electron chi connectivity index (χ0n) is 19.2. The molecule has 168 valence electrons. The molecule has 0 spiro atoms. The van der Waals surface area contributed by atoms with Crippen LogP contribution in [0.25, 0.3) is 0 Å². The van der Waals surface area contributed by atoms with Crippen molar-refractivity contribution >= 4 is 27.3 Å². The molecule has 3 rings (SSSR count). The molecule has 0 aliphatic carbocycles. The fraction of sp³-hybridized carbons (Fsp3) is 0.458. The predicted octanol–water partition coefficient (Wildman–Crippen LogP) is 4.95. The lowest BCUT2D eigenvalue weighted by molar-refractivity contribution is -0.127. The highest BCUT2D eigenvalue weighted by Gasteiger charge is 2.37. The Morgan fingerprint density at radius 2 is 1.74 bits per heavy atom. The van der Waals surface area contributed by atoms with Crippen molar-refractivity contribution in [1.82, 2.24) is 0 Å². The predicted molar refractivity (Wildman–Crippen MR) is 124 cm³/mol. The molecule has 7 heteroatoms. The monoisotopic (exact) mass is 444 g/mol. The van der Waals surface area contributed by atoms with Crippen molar-refractivity contribution in [3.8, 4) is 5.75 Å². The minimum atomic E-state index is -3.77. The Morgan fingerprint density at radius 3 is 2.32 bits per heavy atom. The molecule has 0 radical (unpaired) electrons. The molecule has 2 aromatic carbocycles. The summed E-state index contributed by atoms with van der Waals surface area (Å²) in [7, 11) is -3.77. The number of benzene rings is 2. The molecule has 0 bridgehead atoms. The minimum Gasteiger partial charge on any atom is -0.490 e. The number of nitrogens with one attached hydrogen (secondary N) is 1. The van der Waals surface area contributed by atoms with Gasteiger partial charge >= 0.3 is 0 Å². The molecule has 1 aliphatic heterocycles. The summed E-state index contributed by atoms with van der Waals surface area (Å²) < 4.78 is 34.4. The maximum atomic E-state index is 13.1. The van der Waals surface area contributed by atoms with E-state index >= 15 is 0 Å². The molecule has 0 saturated carbocycles. The number of hydrogen-bond donors (Lipinski definition) is 1. The fourth-order valence-electron chi connectivity index (χ4n) is 3.50. The van der Waals surface area contributed by atoms with Gasteiger partial charge in [0.05, 0.1) is 21.7 Å². The van der Waals surface area contributed by atoms with Crippen molar-refractivity contribution in [2.24, 2.45) is 5.41 Å². The minimum absolute atomic E-state index is 0.0362. The van der Waals surface area contributed by atoms with Gasteiger partial charge in [-0.2, -0.15) is 0 Å². The van der Waals surface area contributed by atoms with E-state index in [9.17, 15) is 13.2 Å². The first-order valence-electron chi connectivity index (χ1n) is 10.6. The Kier molecular flexibility index (Phi) is 6.11. The Hall–Kier alpha value is -2.54. The van der Waals surface area contributed by atoms with E-state index in [0.29, 0.717) is 23.7 Å². The van der Waals surface area contributed by atoms with Crippen LogP contribution in [0.15, 0.2) is 47.4 Å². The molecule has 0 unspecified atom stereocenters. The molecule has 0 aromatic heterocycles. The van der Waals surface area contributed by atoms with Crippen LogP contribution >= 0.6 is 0 Å². The first-order chi connectivity index (χ1) is 14.3. The van der Waals surface area contributed by atoms with E-state index in [1.54, 1.807) is 35.2 Å². The Labute approximate surface area is 185 Å². The average Bonchev–Trinajstić information content (AvgIpc) is 2.78. The van der Waals surface area contributed by atoms with Crippen LogP contribution in [0.1, 0.15) is 53.5 Å². The molecule has 6 nitrogen and oxygen atoms in total. The molecule has 1 aliphatic rings. The van der Waals surface area contributed by atoms with Gasteiger partial charge in [-0.1, -0.05) is 39.8 Å². The number of nitrogens with zero attached hydrogens (tertiary/aromatic N) is 1. The number of fused-ring (bicyclic) bond motifs is 1. The summed E-state index contributed by atoms with van der Waals surface area (Å²) in [5, 5.41) is 0. The summed E-state index contributed by atoms with van der Waals surface area (Å²) in [6.45, 7) is 12.8. The van der Waals surface area contributed by atoms with Crippen molar-refractivity contribution in [3.63, 3.8) is 0 Å². The molecular weight excluding hydrogens is 412 g/mol. The third-order valence-electron chi connectivity index (χ3n) is 5.39. The molecule has 0 fully saturated rings. The van der Waals surface area contributed by atoms with Crippen LogP contribution in [-0.2, 0) is 20.2 Å². The van der Waals surface area contributed by atoms with Gasteiger partial charge in [-0.05, 0) is 61.6 Å². The van der Waals surface area contributed by atoms with Gasteiger partial charge in [-0.3, -0.25) is 9.52 Å². The lowest BCUT2D eigenvalue weighted by atomic mass is 9.87. The van der Waals surface area contributed by atoms with E-state index in [-0.39, 0.29) is 22.8 Å². The average molecular weight is 445 g/mol. The number of amides is 1. The summed E-state index contributed by atoms with van der Waals surface area (Å²) in [6.07, 6.45) is 0.775. The Bertz CT molecular complexity index is 1070. The van der Waals surface area contributed by atoms with E-state index < -0.39 is 15.4 Å². The highest BCUT2D eigenvalue weighted by Crippen LogP contribution is 2.38. The van der Waals surface area contributed by atoms with Crippen molar-refractivity contribution in [2.75, 3.05) is 22.8 Å². The molecule has 31 heavy (non-hydrogen) atoms. The lowest BCUT2D eigenvalue weighted by Crippen LogP contribution is -2.42. The number of carbonyl (C=O) groups excluding carboxylic acids is 1. The molecule has 2 aromatic rings. The smallest absolute Gasteiger partial charge is 0.261 e. The third-order valence-corrected chi connectivity index (χ3v) is 6.79. The van der Waals surface area contributed by atoms with Crippen LogP contribution in [0, 0.1) is 5.41 Å². The summed E-state index contributed by atoms with van der Waals surface area (Å²) >= 11 is 0. The van der Waals surface area contributed by atoms with Gasteiger partial charge in [0, 0.05) is 6.54 Å². The van der Waals surface area contributed by atoms with E-state index in [0.717, 1.165) is 12.0 Å². The molecular formula is C24H32N2O4S. The SMILES string of the molecule is CCCN1C(=O)C(C)(C)COc2ccc(NS(=O)(=O)c3ccc(C(C)(C)C)cc3)cc21. The van der Waals surface area contributed by atoms with Crippen LogP contribution in [0.5, 0.6) is 5.75 Å². The number of ether oxygens (including phenoxy) is 1. The van der Waals surface area contributed by atoms with Crippen molar-refractivity contribution in [1.29, 1.82) is 0 Å². The van der Waals surface area contributed by atoms with Gasteiger partial charge in [0.1, 0.15) is 12.4 Å². The quantitative estimate of drug-likeness (QED) is 0.708. The number of carbonyl (C=O) groups is 1. The van der Waals surface area contributed by atoms with Gasteiger partial charge in [0.15, 0.2) is 0 Å². The molecule has 1 heterocycles. The largest absolute Gasteiger partial charge is 0.490 e. The van der Waals surface area contributed by atoms with Crippen molar-refractivity contribution in [3.05, 3.63) is 48.0 Å². The number of sulfonamides is 1. The van der Waals surface area contributed by atoms with Crippen LogP contribution in [-0.4, -0.2) is 27.5 Å². The standard InChI is InChI=1S/C24H32N2O4S/c1-7-14-26-20-15-18(10-13-21(20)30-16-24(5,6)22(26)27)25-31(28,29)19-11-8-17(9-12-19)23(2,3)4/h8-13,15,25H,7,14,16H2,1-6H3. The highest BCUT2D eigenvalue weighted by atomic mass is 32.2. The first kappa shape index (κ1) is 23.1. The second kappa shape index (κ2) is 8.19. The van der Waals surface area contributed by atoms with Crippen LogP contribution in [0.2, 0.25) is 0 Å². The normalized spacial score (nSPS) is 16.3. The number of anilines is 2. The lowest BCUT2D eigenvalue weighted by Gasteiger charge is -2.28. The van der Waals surface area contributed by atoms with Crippen LogP contribution in [0.3, 0.4) is 0 Å². The maximum Gasteiger partial charge on any atom is 0.261 e. The van der Waals surface area contributed by atoms with E-state index in [1.165, 1.54) is 0 Å². The highest BCUT2D eigenvalue weighted by molar-refractivity contribution is 7.92. The second-order valence-electron chi connectivity index (χ2n) is 9.69. The second-order valence-corrected chi connectivity index (χ2v) is 11.4. The molecule has 0 atom stereocenters. The van der Waals surface area contributed by atoms with Gasteiger partial charge in [-0.15, -0.1) is 0 Å². The number of rotatable bonds is 5. The topological polar surface area (TPSA) is 75.7 Å².